The van der Waals surface area contributed by atoms with Crippen LogP contribution in [-0.2, 0) is 17.8 Å². The summed E-state index contributed by atoms with van der Waals surface area (Å²) in [7, 11) is 3.53. The van der Waals surface area contributed by atoms with Crippen molar-refractivity contribution in [2.75, 3.05) is 19.5 Å². The van der Waals surface area contributed by atoms with Crippen LogP contribution in [0.15, 0.2) is 5.38 Å². The zero-order valence-electron chi connectivity index (χ0n) is 11.0. The Hall–Kier alpha value is -0.800. The smallest absolute Gasteiger partial charge is 0.143 e. The number of halogens is 1. The van der Waals surface area contributed by atoms with E-state index in [4.69, 9.17) is 4.74 Å². The van der Waals surface area contributed by atoms with Gasteiger partial charge in [-0.25, -0.2) is 15.0 Å². The Morgan fingerprint density at radius 3 is 2.74 bits per heavy atom. The topological polar surface area (TPSA) is 59.9 Å². The highest BCUT2D eigenvalue weighted by atomic mass is 127. The summed E-state index contributed by atoms with van der Waals surface area (Å²) < 4.78 is 6.18. The van der Waals surface area contributed by atoms with E-state index in [0.717, 1.165) is 31.6 Å². The van der Waals surface area contributed by atoms with E-state index in [-0.39, 0.29) is 0 Å². The van der Waals surface area contributed by atoms with Crippen LogP contribution in [0, 0.1) is 10.5 Å². The molecule has 0 fully saturated rings. The van der Waals surface area contributed by atoms with Gasteiger partial charge in [0.25, 0.3) is 0 Å². The van der Waals surface area contributed by atoms with Gasteiger partial charge in [0.15, 0.2) is 0 Å². The summed E-state index contributed by atoms with van der Waals surface area (Å²) in [5.41, 5.74) is 1.95. The summed E-state index contributed by atoms with van der Waals surface area (Å²) in [6.07, 6.45) is 0.654. The van der Waals surface area contributed by atoms with Gasteiger partial charge in [-0.1, -0.05) is 0 Å². The Morgan fingerprint density at radius 1 is 1.37 bits per heavy atom. The molecule has 0 aliphatic rings. The van der Waals surface area contributed by atoms with Crippen molar-refractivity contribution in [3.63, 3.8) is 0 Å². The molecule has 2 aromatic heterocycles. The Kier molecular flexibility index (Phi) is 5.06. The number of methoxy groups -OCH3 is 1. The number of hydrogen-bond acceptors (Lipinski definition) is 6. The van der Waals surface area contributed by atoms with Crippen molar-refractivity contribution in [3.05, 3.63) is 31.2 Å². The summed E-state index contributed by atoms with van der Waals surface area (Å²) in [4.78, 5) is 13.5. The van der Waals surface area contributed by atoms with Crippen molar-refractivity contribution in [3.8, 4) is 0 Å². The van der Waals surface area contributed by atoms with E-state index in [9.17, 15) is 0 Å². The number of thiazole rings is 1. The zero-order valence-corrected chi connectivity index (χ0v) is 14.0. The molecule has 0 aliphatic heterocycles. The second kappa shape index (κ2) is 6.58. The van der Waals surface area contributed by atoms with E-state index in [1.165, 1.54) is 0 Å². The maximum absolute atomic E-state index is 5.18. The molecule has 2 rings (SSSR count). The fourth-order valence-electron chi connectivity index (χ4n) is 1.64. The first-order valence-corrected chi connectivity index (χ1v) is 7.73. The average molecular weight is 390 g/mol. The fourth-order valence-corrected chi connectivity index (χ4v) is 3.08. The molecule has 0 unspecified atom stereocenters. The Balaban J connectivity index is 2.31. The highest BCUT2D eigenvalue weighted by Crippen LogP contribution is 2.21. The molecule has 102 valence electrons. The lowest BCUT2D eigenvalue weighted by atomic mass is 10.3. The van der Waals surface area contributed by atoms with E-state index in [2.05, 4.69) is 42.9 Å². The first kappa shape index (κ1) is 14.6. The predicted octanol–water partition coefficient (Wildman–Crippen LogP) is 2.63. The SMILES string of the molecule is CNc1nc(Cc2nc(C)cs2)nc(COC)c1I. The first-order valence-electron chi connectivity index (χ1n) is 5.77. The number of anilines is 1. The monoisotopic (exact) mass is 390 g/mol. The van der Waals surface area contributed by atoms with Crippen molar-refractivity contribution in [2.24, 2.45) is 0 Å². The highest BCUT2D eigenvalue weighted by molar-refractivity contribution is 14.1. The van der Waals surface area contributed by atoms with Gasteiger partial charge in [0, 0.05) is 25.2 Å². The maximum atomic E-state index is 5.18. The molecule has 0 radical (unpaired) electrons. The van der Waals surface area contributed by atoms with Crippen molar-refractivity contribution in [1.82, 2.24) is 15.0 Å². The van der Waals surface area contributed by atoms with Crippen LogP contribution >= 0.6 is 33.9 Å². The third-order valence-corrected chi connectivity index (χ3v) is 4.56. The first-order chi connectivity index (χ1) is 9.13. The number of hydrogen-bond donors (Lipinski definition) is 1. The molecule has 0 aromatic carbocycles. The quantitative estimate of drug-likeness (QED) is 0.796. The van der Waals surface area contributed by atoms with Gasteiger partial charge >= 0.3 is 0 Å². The molecular formula is C12H15IN4OS. The van der Waals surface area contributed by atoms with Gasteiger partial charge in [-0.05, 0) is 29.5 Å². The van der Waals surface area contributed by atoms with E-state index < -0.39 is 0 Å². The molecule has 0 saturated carbocycles. The summed E-state index contributed by atoms with van der Waals surface area (Å²) >= 11 is 3.87. The van der Waals surface area contributed by atoms with Crippen LogP contribution in [-0.4, -0.2) is 29.1 Å². The van der Waals surface area contributed by atoms with E-state index in [1.54, 1.807) is 18.4 Å². The van der Waals surface area contributed by atoms with E-state index >= 15 is 0 Å². The summed E-state index contributed by atoms with van der Waals surface area (Å²) in [5, 5.41) is 6.16. The number of aryl methyl sites for hydroxylation is 1. The highest BCUT2D eigenvalue weighted by Gasteiger charge is 2.12. The fraction of sp³-hybridized carbons (Fsp3) is 0.417. The number of aromatic nitrogens is 3. The molecule has 0 amide bonds. The van der Waals surface area contributed by atoms with Gasteiger partial charge < -0.3 is 10.1 Å². The molecule has 2 aromatic rings. The molecule has 0 aliphatic carbocycles. The summed E-state index contributed by atoms with van der Waals surface area (Å²) in [6, 6.07) is 0. The minimum Gasteiger partial charge on any atom is -0.378 e. The standard InChI is InChI=1S/C12H15IN4OS/c1-7-6-19-10(15-7)4-9-16-8(5-18-3)11(13)12(14-2)17-9/h6H,4-5H2,1-3H3,(H,14,16,17). The van der Waals surface area contributed by atoms with Crippen LogP contribution in [0.4, 0.5) is 5.82 Å². The van der Waals surface area contributed by atoms with Crippen LogP contribution in [0.5, 0.6) is 0 Å². The summed E-state index contributed by atoms with van der Waals surface area (Å²) in [6.45, 7) is 2.48. The van der Waals surface area contributed by atoms with Gasteiger partial charge in [0.1, 0.15) is 16.6 Å². The maximum Gasteiger partial charge on any atom is 0.143 e. The molecule has 1 N–H and O–H groups in total. The lowest BCUT2D eigenvalue weighted by Crippen LogP contribution is -2.08. The summed E-state index contributed by atoms with van der Waals surface area (Å²) in [5.74, 6) is 1.61. The Labute approximate surface area is 130 Å². The molecule has 0 bridgehead atoms. The molecule has 0 spiro atoms. The van der Waals surface area contributed by atoms with Gasteiger partial charge in [-0.3, -0.25) is 0 Å². The van der Waals surface area contributed by atoms with Gasteiger partial charge in [-0.2, -0.15) is 0 Å². The van der Waals surface area contributed by atoms with Crippen LogP contribution in [0.2, 0.25) is 0 Å². The normalized spacial score (nSPS) is 10.7. The zero-order chi connectivity index (χ0) is 13.8. The minimum atomic E-state index is 0.485. The Bertz CT molecular complexity index is 573. The van der Waals surface area contributed by atoms with Crippen LogP contribution in [0.1, 0.15) is 22.2 Å². The predicted molar refractivity (Wildman–Crippen MR) is 84.7 cm³/mol. The van der Waals surface area contributed by atoms with Crippen molar-refractivity contribution < 1.29 is 4.74 Å². The van der Waals surface area contributed by atoms with Gasteiger partial charge in [0.05, 0.1) is 22.3 Å². The average Bonchev–Trinajstić information content (AvgIpc) is 2.79. The van der Waals surface area contributed by atoms with Gasteiger partial charge in [-0.15, -0.1) is 11.3 Å². The minimum absolute atomic E-state index is 0.485. The molecule has 7 heteroatoms. The van der Waals surface area contributed by atoms with Crippen LogP contribution < -0.4 is 5.32 Å². The molecular weight excluding hydrogens is 375 g/mol. The number of nitrogens with one attached hydrogen (secondary N) is 1. The lowest BCUT2D eigenvalue weighted by Gasteiger charge is -2.10. The number of rotatable bonds is 5. The number of nitrogens with zero attached hydrogens (tertiary/aromatic N) is 3. The molecule has 2 heterocycles. The third kappa shape index (κ3) is 3.61. The second-order valence-electron chi connectivity index (χ2n) is 3.99. The molecule has 0 saturated heterocycles. The largest absolute Gasteiger partial charge is 0.378 e. The van der Waals surface area contributed by atoms with E-state index in [1.807, 2.05) is 19.4 Å². The second-order valence-corrected chi connectivity index (χ2v) is 6.01. The van der Waals surface area contributed by atoms with Crippen molar-refractivity contribution in [1.29, 1.82) is 0 Å². The van der Waals surface area contributed by atoms with E-state index in [0.29, 0.717) is 13.0 Å². The third-order valence-electron chi connectivity index (χ3n) is 2.46. The van der Waals surface area contributed by atoms with Crippen molar-refractivity contribution >= 4 is 39.7 Å². The van der Waals surface area contributed by atoms with Crippen LogP contribution in [0.25, 0.3) is 0 Å². The van der Waals surface area contributed by atoms with Crippen LogP contribution in [0.3, 0.4) is 0 Å². The molecule has 19 heavy (non-hydrogen) atoms. The lowest BCUT2D eigenvalue weighted by molar-refractivity contribution is 0.180. The van der Waals surface area contributed by atoms with Crippen molar-refractivity contribution in [2.45, 2.75) is 20.0 Å². The Morgan fingerprint density at radius 2 is 2.16 bits per heavy atom. The van der Waals surface area contributed by atoms with Gasteiger partial charge in [0.2, 0.25) is 0 Å². The molecule has 5 nitrogen and oxygen atoms in total. The molecule has 0 atom stereocenters. The number of ether oxygens (including phenoxy) is 1.